The molecule has 32 heavy (non-hydrogen) atoms. The van der Waals surface area contributed by atoms with Crippen LogP contribution in [0.3, 0.4) is 0 Å². The fourth-order valence-electron chi connectivity index (χ4n) is 2.46. The van der Waals surface area contributed by atoms with Gasteiger partial charge in [-0.15, -0.1) is 0 Å². The summed E-state index contributed by atoms with van der Waals surface area (Å²) >= 11 is 0. The first-order valence-corrected chi connectivity index (χ1v) is 9.69. The third kappa shape index (κ3) is 7.36. The van der Waals surface area contributed by atoms with Crippen LogP contribution in [-0.2, 0) is 6.18 Å². The van der Waals surface area contributed by atoms with Gasteiger partial charge >= 0.3 is 6.18 Å². The molecule has 0 aliphatic rings. The number of hydrogen-bond donors (Lipinski definition) is 1. The van der Waals surface area contributed by atoms with E-state index in [0.29, 0.717) is 6.42 Å². The number of carbonyl (C=O) groups is 1. The molecule has 0 unspecified atom stereocenters. The molecule has 12 heteroatoms. The number of nitro groups is 1. The van der Waals surface area contributed by atoms with Gasteiger partial charge in [-0.1, -0.05) is 13.3 Å². The van der Waals surface area contributed by atoms with Crippen LogP contribution in [0.2, 0.25) is 0 Å². The topological polar surface area (TPSA) is 104 Å². The summed E-state index contributed by atoms with van der Waals surface area (Å²) in [6.07, 6.45) is -3.00. The molecule has 0 aliphatic carbocycles. The van der Waals surface area contributed by atoms with Crippen molar-refractivity contribution in [2.45, 2.75) is 32.4 Å². The number of non-ortho nitro benzene ring substituents is 1. The molecule has 1 heterocycles. The highest BCUT2D eigenvalue weighted by atomic mass is 19.4. The minimum atomic E-state index is -4.61. The van der Waals surface area contributed by atoms with E-state index in [1.807, 2.05) is 6.92 Å². The summed E-state index contributed by atoms with van der Waals surface area (Å²) in [4.78, 5) is 25.9. The number of alkyl halides is 3. The maximum atomic E-state index is 13.7. The number of nitrogens with zero attached hydrogens (tertiary/aromatic N) is 2. The average molecular weight is 459 g/mol. The second-order valence-electron chi connectivity index (χ2n) is 6.61. The Morgan fingerprint density at radius 2 is 1.75 bits per heavy atom. The van der Waals surface area contributed by atoms with Gasteiger partial charge in [0.1, 0.15) is 5.82 Å². The second kappa shape index (κ2) is 11.3. The number of aromatic nitrogens is 1. The summed E-state index contributed by atoms with van der Waals surface area (Å²) in [5.41, 5.74) is -1.90. The van der Waals surface area contributed by atoms with Gasteiger partial charge in [-0.25, -0.2) is 4.39 Å². The number of nitro benzene ring substituents is 1. The molecule has 2 rings (SSSR count). The lowest BCUT2D eigenvalue weighted by molar-refractivity contribution is -0.384. The first-order chi connectivity index (χ1) is 15.1. The zero-order valence-corrected chi connectivity index (χ0v) is 17.1. The van der Waals surface area contributed by atoms with Crippen molar-refractivity contribution >= 4 is 11.6 Å². The number of rotatable bonds is 11. The van der Waals surface area contributed by atoms with Crippen molar-refractivity contribution in [2.75, 3.05) is 19.8 Å². The molecule has 0 saturated carbocycles. The van der Waals surface area contributed by atoms with Crippen molar-refractivity contribution in [3.8, 4) is 11.8 Å². The highest BCUT2D eigenvalue weighted by molar-refractivity contribution is 5.95. The number of unbranched alkanes of at least 4 members (excludes halogenated alkanes) is 1. The van der Waals surface area contributed by atoms with E-state index in [0.717, 1.165) is 36.8 Å². The summed E-state index contributed by atoms with van der Waals surface area (Å²) in [6.45, 7) is 2.01. The molecule has 8 nitrogen and oxygen atoms in total. The number of hydrogen-bond acceptors (Lipinski definition) is 6. The van der Waals surface area contributed by atoms with Gasteiger partial charge in [0.05, 0.1) is 29.3 Å². The van der Waals surface area contributed by atoms with Gasteiger partial charge in [0.15, 0.2) is 0 Å². The molecule has 1 amide bonds. The zero-order chi connectivity index (χ0) is 23.7. The van der Waals surface area contributed by atoms with Crippen molar-refractivity contribution < 1.29 is 36.8 Å². The van der Waals surface area contributed by atoms with Crippen LogP contribution in [0.15, 0.2) is 30.3 Å². The molecule has 0 atom stereocenters. The van der Waals surface area contributed by atoms with Crippen LogP contribution in [0.5, 0.6) is 11.8 Å². The van der Waals surface area contributed by atoms with Gasteiger partial charge in [-0.05, 0) is 18.9 Å². The van der Waals surface area contributed by atoms with Gasteiger partial charge in [0.25, 0.3) is 11.6 Å². The third-order valence-corrected chi connectivity index (χ3v) is 4.12. The fourth-order valence-corrected chi connectivity index (χ4v) is 2.46. The third-order valence-electron chi connectivity index (χ3n) is 4.12. The molecule has 0 fully saturated rings. The SMILES string of the molecule is CCCCOc1cc(C(F)(F)F)cc(OCCCNC(=O)c2cc([N+](=O)[O-])ccc2F)n1. The molecule has 1 aromatic heterocycles. The van der Waals surface area contributed by atoms with E-state index in [-0.39, 0.29) is 37.9 Å². The summed E-state index contributed by atoms with van der Waals surface area (Å²) < 4.78 is 63.5. The number of ether oxygens (including phenoxy) is 2. The second-order valence-corrected chi connectivity index (χ2v) is 6.61. The van der Waals surface area contributed by atoms with Gasteiger partial charge in [0, 0.05) is 30.8 Å². The Balaban J connectivity index is 1.91. The van der Waals surface area contributed by atoms with E-state index in [4.69, 9.17) is 9.47 Å². The molecule has 2 aromatic rings. The lowest BCUT2D eigenvalue weighted by atomic mass is 10.1. The monoisotopic (exact) mass is 459 g/mol. The molecular weight excluding hydrogens is 438 g/mol. The van der Waals surface area contributed by atoms with Crippen LogP contribution in [-0.4, -0.2) is 35.6 Å². The molecule has 1 aromatic carbocycles. The van der Waals surface area contributed by atoms with Crippen LogP contribution in [0, 0.1) is 15.9 Å². The van der Waals surface area contributed by atoms with Crippen molar-refractivity contribution in [1.82, 2.24) is 10.3 Å². The summed E-state index contributed by atoms with van der Waals surface area (Å²) in [7, 11) is 0. The summed E-state index contributed by atoms with van der Waals surface area (Å²) in [5.74, 6) is -2.29. The molecule has 174 valence electrons. The Labute approximate surface area is 180 Å². The zero-order valence-electron chi connectivity index (χ0n) is 17.1. The number of pyridine rings is 1. The highest BCUT2D eigenvalue weighted by Crippen LogP contribution is 2.33. The van der Waals surface area contributed by atoms with E-state index in [1.165, 1.54) is 0 Å². The maximum Gasteiger partial charge on any atom is 0.416 e. The molecule has 0 bridgehead atoms. The average Bonchev–Trinajstić information content (AvgIpc) is 2.73. The van der Waals surface area contributed by atoms with Crippen molar-refractivity contribution in [3.05, 3.63) is 57.4 Å². The van der Waals surface area contributed by atoms with Crippen molar-refractivity contribution in [2.24, 2.45) is 0 Å². The predicted octanol–water partition coefficient (Wildman–Crippen LogP) is 4.53. The highest BCUT2D eigenvalue weighted by Gasteiger charge is 2.32. The number of halogens is 4. The van der Waals surface area contributed by atoms with Gasteiger partial charge in [0.2, 0.25) is 11.8 Å². The number of benzene rings is 1. The minimum absolute atomic E-state index is 0.0141. The number of amides is 1. The van der Waals surface area contributed by atoms with E-state index >= 15 is 0 Å². The van der Waals surface area contributed by atoms with Crippen molar-refractivity contribution in [1.29, 1.82) is 0 Å². The Hall–Kier alpha value is -3.44. The van der Waals surface area contributed by atoms with Crippen LogP contribution < -0.4 is 14.8 Å². The number of nitrogens with one attached hydrogen (secondary N) is 1. The van der Waals surface area contributed by atoms with Crippen molar-refractivity contribution in [3.63, 3.8) is 0 Å². The normalized spacial score (nSPS) is 11.2. The molecular formula is C20H21F4N3O5. The maximum absolute atomic E-state index is 13.7. The smallest absolute Gasteiger partial charge is 0.416 e. The molecule has 1 N–H and O–H groups in total. The Morgan fingerprint density at radius 1 is 1.12 bits per heavy atom. The minimum Gasteiger partial charge on any atom is -0.478 e. The Kier molecular flexibility index (Phi) is 8.73. The standard InChI is InChI=1S/C20H21F4N3O5/c1-2-3-8-31-17-10-13(20(22,23)24)11-18(26-17)32-9-4-7-25-19(28)15-12-14(27(29)30)5-6-16(15)21/h5-6,10-12H,2-4,7-9H2,1H3,(H,25,28). The first-order valence-electron chi connectivity index (χ1n) is 9.69. The van der Waals surface area contributed by atoms with E-state index in [1.54, 1.807) is 0 Å². The lowest BCUT2D eigenvalue weighted by Gasteiger charge is -2.13. The fraction of sp³-hybridized carbons (Fsp3) is 0.400. The van der Waals surface area contributed by atoms with E-state index < -0.39 is 39.6 Å². The number of carbonyl (C=O) groups excluding carboxylic acids is 1. The summed E-state index contributed by atoms with van der Waals surface area (Å²) in [6, 6.07) is 4.09. The van der Waals surface area contributed by atoms with E-state index in [2.05, 4.69) is 10.3 Å². The van der Waals surface area contributed by atoms with Gasteiger partial charge < -0.3 is 14.8 Å². The van der Waals surface area contributed by atoms with Gasteiger partial charge in [-0.2, -0.15) is 18.2 Å². The first kappa shape index (κ1) is 24.8. The predicted molar refractivity (Wildman–Crippen MR) is 105 cm³/mol. The molecule has 0 aliphatic heterocycles. The van der Waals surface area contributed by atoms with Crippen LogP contribution in [0.4, 0.5) is 23.2 Å². The Morgan fingerprint density at radius 3 is 2.31 bits per heavy atom. The molecule has 0 spiro atoms. The lowest BCUT2D eigenvalue weighted by Crippen LogP contribution is -2.26. The molecule has 0 saturated heterocycles. The van der Waals surface area contributed by atoms with Crippen LogP contribution >= 0.6 is 0 Å². The van der Waals surface area contributed by atoms with Gasteiger partial charge in [-0.3, -0.25) is 14.9 Å². The quantitative estimate of drug-likeness (QED) is 0.229. The molecule has 0 radical (unpaired) electrons. The Bertz CT molecular complexity index is 953. The van der Waals surface area contributed by atoms with Crippen LogP contribution in [0.1, 0.15) is 42.1 Å². The van der Waals surface area contributed by atoms with E-state index in [9.17, 15) is 32.5 Å². The largest absolute Gasteiger partial charge is 0.478 e. The summed E-state index contributed by atoms with van der Waals surface area (Å²) in [5, 5.41) is 13.1. The van der Waals surface area contributed by atoms with Crippen LogP contribution in [0.25, 0.3) is 0 Å².